The number of aryl methyl sites for hydroxylation is 1. The highest BCUT2D eigenvalue weighted by molar-refractivity contribution is 6.09. The van der Waals surface area contributed by atoms with Crippen LogP contribution in [0.15, 0.2) is 162 Å². The molecule has 0 amide bonds. The molecule has 2 heteroatoms. The van der Waals surface area contributed by atoms with E-state index in [4.69, 9.17) is 9.98 Å². The molecule has 1 heterocycles. The summed E-state index contributed by atoms with van der Waals surface area (Å²) >= 11 is 0. The van der Waals surface area contributed by atoms with Crippen LogP contribution in [0.3, 0.4) is 0 Å². The van der Waals surface area contributed by atoms with Gasteiger partial charge in [0.1, 0.15) is 0 Å². The Bertz CT molecular complexity index is 2340. The number of nitrogens with zero attached hydrogens (tertiary/aromatic N) is 2. The van der Waals surface area contributed by atoms with Gasteiger partial charge in [-0.2, -0.15) is 0 Å². The van der Waals surface area contributed by atoms with Crippen LogP contribution in [0.4, 0.5) is 0 Å². The third-order valence-electron chi connectivity index (χ3n) is 11.3. The second-order valence-corrected chi connectivity index (χ2v) is 14.8. The first-order chi connectivity index (χ1) is 25.0. The van der Waals surface area contributed by atoms with Gasteiger partial charge in [-0.3, -0.25) is 0 Å². The van der Waals surface area contributed by atoms with Crippen LogP contribution in [0.5, 0.6) is 0 Å². The van der Waals surface area contributed by atoms with E-state index < -0.39 is 0 Å². The van der Waals surface area contributed by atoms with Gasteiger partial charge in [-0.05, 0) is 99.2 Å². The van der Waals surface area contributed by atoms with Gasteiger partial charge in [0.25, 0.3) is 0 Å². The number of allylic oxidation sites excluding steroid dienone is 1. The molecule has 0 fully saturated rings. The minimum atomic E-state index is -0.0152. The van der Waals surface area contributed by atoms with E-state index >= 15 is 0 Å². The van der Waals surface area contributed by atoms with E-state index in [1.165, 1.54) is 61.3 Å². The van der Waals surface area contributed by atoms with E-state index in [1.54, 1.807) is 0 Å². The number of benzene rings is 6. The van der Waals surface area contributed by atoms with Crippen molar-refractivity contribution in [3.63, 3.8) is 0 Å². The van der Waals surface area contributed by atoms with Crippen LogP contribution in [0.1, 0.15) is 78.8 Å². The maximum absolute atomic E-state index is 5.43. The van der Waals surface area contributed by atoms with Gasteiger partial charge in [0.2, 0.25) is 0 Å². The summed E-state index contributed by atoms with van der Waals surface area (Å²) < 4.78 is 0. The SMILES string of the molecule is CC1(C)c2ccccc2-c2c1ccc1c2-c2ccccc2C(C/C2=N/C(c3ccccc3)=N\C(c3ccc(-c4ccccc4)cc3)=C/CC2)CC1. The van der Waals surface area contributed by atoms with Crippen molar-refractivity contribution in [2.75, 3.05) is 0 Å². The van der Waals surface area contributed by atoms with Crippen LogP contribution in [0.25, 0.3) is 39.1 Å². The lowest BCUT2D eigenvalue weighted by Crippen LogP contribution is -2.15. The predicted molar refractivity (Wildman–Crippen MR) is 215 cm³/mol. The van der Waals surface area contributed by atoms with Crippen molar-refractivity contribution in [3.8, 4) is 33.4 Å². The van der Waals surface area contributed by atoms with E-state index in [0.29, 0.717) is 5.92 Å². The summed E-state index contributed by atoms with van der Waals surface area (Å²) in [5.74, 6) is 1.17. The summed E-state index contributed by atoms with van der Waals surface area (Å²) in [5.41, 5.74) is 18.3. The number of aliphatic imine (C=N–C) groups is 2. The maximum Gasteiger partial charge on any atom is 0.159 e. The zero-order valence-corrected chi connectivity index (χ0v) is 29.4. The van der Waals surface area contributed by atoms with Crippen LogP contribution in [0.2, 0.25) is 0 Å². The second kappa shape index (κ2) is 12.9. The Morgan fingerprint density at radius 3 is 1.98 bits per heavy atom. The normalized spacial score (nSPS) is 20.4. The number of hydrogen-bond acceptors (Lipinski definition) is 2. The Balaban J connectivity index is 1.08. The van der Waals surface area contributed by atoms with Crippen molar-refractivity contribution in [2.24, 2.45) is 9.98 Å². The molecule has 0 saturated carbocycles. The fraction of sp³-hybridized carbons (Fsp3) is 0.184. The highest BCUT2D eigenvalue weighted by Crippen LogP contribution is 2.55. The van der Waals surface area contributed by atoms with Crippen LogP contribution >= 0.6 is 0 Å². The molecule has 3 aliphatic rings. The smallest absolute Gasteiger partial charge is 0.159 e. The molecule has 0 aromatic heterocycles. The van der Waals surface area contributed by atoms with Gasteiger partial charge in [0.15, 0.2) is 5.84 Å². The Morgan fingerprint density at radius 2 is 1.20 bits per heavy atom. The minimum Gasteiger partial charge on any atom is -0.238 e. The van der Waals surface area contributed by atoms with Crippen molar-refractivity contribution in [1.82, 2.24) is 0 Å². The van der Waals surface area contributed by atoms with Crippen LogP contribution in [-0.4, -0.2) is 11.5 Å². The monoisotopic (exact) mass is 658 g/mol. The fourth-order valence-electron chi connectivity index (χ4n) is 8.69. The molecule has 2 aliphatic carbocycles. The second-order valence-electron chi connectivity index (χ2n) is 14.8. The van der Waals surface area contributed by atoms with E-state index in [-0.39, 0.29) is 5.41 Å². The summed E-state index contributed by atoms with van der Waals surface area (Å²) in [6.45, 7) is 4.77. The molecule has 6 aromatic rings. The standard InChI is InChI=1S/C49H42N2/c1-49(2)43-22-12-11-21-42(43)47-44(49)31-30-36-28-29-38(40-19-9-10-20-41(40)46(36)47)32-39-18-13-23-45(51-48(50-39)37-16-7-4-8-17-37)35-26-24-34(25-27-35)33-14-5-3-6-15-33/h3-12,14-17,19-27,30-31,38H,13,18,28-29,32H2,1-2H3/b45-23-,50-39+,51-48-. The molecular formula is C49H42N2. The van der Waals surface area contributed by atoms with Gasteiger partial charge in [-0.25, -0.2) is 9.98 Å². The van der Waals surface area contributed by atoms with Crippen molar-refractivity contribution in [3.05, 3.63) is 185 Å². The van der Waals surface area contributed by atoms with Gasteiger partial charge in [0.05, 0.1) is 5.70 Å². The zero-order valence-electron chi connectivity index (χ0n) is 29.4. The molecule has 6 aromatic carbocycles. The average molecular weight is 659 g/mol. The lowest BCUT2D eigenvalue weighted by molar-refractivity contribution is 0.648. The Labute approximate surface area is 302 Å². The van der Waals surface area contributed by atoms with Crippen molar-refractivity contribution in [2.45, 2.75) is 57.3 Å². The molecule has 9 rings (SSSR count). The van der Waals surface area contributed by atoms with Crippen LogP contribution in [0, 0.1) is 0 Å². The highest BCUT2D eigenvalue weighted by atomic mass is 14.9. The summed E-state index contributed by atoms with van der Waals surface area (Å²) in [4.78, 5) is 10.7. The van der Waals surface area contributed by atoms with Gasteiger partial charge < -0.3 is 0 Å². The molecule has 1 aliphatic heterocycles. The Hall–Kier alpha value is -5.60. The van der Waals surface area contributed by atoms with E-state index in [1.807, 2.05) is 0 Å². The average Bonchev–Trinajstić information content (AvgIpc) is 3.29. The first-order valence-electron chi connectivity index (χ1n) is 18.5. The molecule has 2 nitrogen and oxygen atoms in total. The fourth-order valence-corrected chi connectivity index (χ4v) is 8.69. The van der Waals surface area contributed by atoms with Crippen molar-refractivity contribution in [1.29, 1.82) is 0 Å². The summed E-state index contributed by atoms with van der Waals surface area (Å²) in [6.07, 6.45) is 7.22. The Morgan fingerprint density at radius 1 is 0.549 bits per heavy atom. The lowest BCUT2D eigenvalue weighted by Gasteiger charge is -2.23. The number of fused-ring (bicyclic) bond motifs is 7. The van der Waals surface area contributed by atoms with Crippen LogP contribution in [-0.2, 0) is 11.8 Å². The minimum absolute atomic E-state index is 0.0152. The molecule has 0 saturated heterocycles. The molecule has 0 bridgehead atoms. The Kier molecular flexibility index (Phi) is 7.96. The third-order valence-corrected chi connectivity index (χ3v) is 11.3. The van der Waals surface area contributed by atoms with E-state index in [0.717, 1.165) is 54.8 Å². The third kappa shape index (κ3) is 5.69. The van der Waals surface area contributed by atoms with Gasteiger partial charge in [-0.1, -0.05) is 166 Å². The largest absolute Gasteiger partial charge is 0.238 e. The van der Waals surface area contributed by atoms with Gasteiger partial charge in [-0.15, -0.1) is 0 Å². The first-order valence-corrected chi connectivity index (χ1v) is 18.5. The number of rotatable bonds is 5. The van der Waals surface area contributed by atoms with Crippen LogP contribution < -0.4 is 0 Å². The lowest BCUT2D eigenvalue weighted by atomic mass is 9.81. The summed E-state index contributed by atoms with van der Waals surface area (Å²) in [5, 5.41) is 0. The zero-order chi connectivity index (χ0) is 34.4. The van der Waals surface area contributed by atoms with Gasteiger partial charge >= 0.3 is 0 Å². The molecule has 1 atom stereocenters. The molecule has 0 N–H and O–H groups in total. The molecule has 51 heavy (non-hydrogen) atoms. The molecular weight excluding hydrogens is 617 g/mol. The maximum atomic E-state index is 5.43. The molecule has 0 radical (unpaired) electrons. The van der Waals surface area contributed by atoms with Gasteiger partial charge in [0, 0.05) is 16.7 Å². The topological polar surface area (TPSA) is 24.7 Å². The number of amidine groups is 1. The molecule has 0 spiro atoms. The van der Waals surface area contributed by atoms with Crippen molar-refractivity contribution >= 4 is 17.2 Å². The summed E-state index contributed by atoms with van der Waals surface area (Å²) in [7, 11) is 0. The van der Waals surface area contributed by atoms with E-state index in [9.17, 15) is 0 Å². The molecule has 248 valence electrons. The summed E-state index contributed by atoms with van der Waals surface area (Å²) in [6, 6.07) is 52.9. The highest BCUT2D eigenvalue weighted by Gasteiger charge is 2.38. The quantitative estimate of drug-likeness (QED) is 0.176. The molecule has 1 unspecified atom stereocenters. The number of hydrogen-bond donors (Lipinski definition) is 0. The first kappa shape index (κ1) is 31.4. The van der Waals surface area contributed by atoms with Crippen molar-refractivity contribution < 1.29 is 0 Å². The van der Waals surface area contributed by atoms with E-state index in [2.05, 4.69) is 166 Å². The predicted octanol–water partition coefficient (Wildman–Crippen LogP) is 12.5.